The Hall–Kier alpha value is -1.10. The van der Waals surface area contributed by atoms with Gasteiger partial charge in [0, 0.05) is 6.54 Å². The quantitative estimate of drug-likeness (QED) is 0.656. The lowest BCUT2D eigenvalue weighted by atomic mass is 9.84. The van der Waals surface area contributed by atoms with Gasteiger partial charge in [-0.25, -0.2) is 0 Å². The third kappa shape index (κ3) is 8.59. The molecule has 5 nitrogen and oxygen atoms in total. The van der Waals surface area contributed by atoms with Gasteiger partial charge in [0.15, 0.2) is 0 Å². The first-order chi connectivity index (χ1) is 8.53. The number of carbonyl (C=O) groups is 2. The average molecular weight is 272 g/mol. The van der Waals surface area contributed by atoms with E-state index in [4.69, 9.17) is 10.8 Å². The molecule has 0 aliphatic rings. The van der Waals surface area contributed by atoms with E-state index >= 15 is 0 Å². The molecule has 19 heavy (non-hydrogen) atoms. The van der Waals surface area contributed by atoms with Gasteiger partial charge in [-0.05, 0) is 24.2 Å². The molecule has 0 saturated heterocycles. The Bertz CT molecular complexity index is 308. The number of amides is 1. The molecule has 0 bridgehead atoms. The van der Waals surface area contributed by atoms with Crippen LogP contribution in [-0.4, -0.2) is 29.6 Å². The second-order valence-electron chi connectivity index (χ2n) is 6.78. The number of carbonyl (C=O) groups excluding carboxylic acids is 1. The van der Waals surface area contributed by atoms with E-state index in [2.05, 4.69) is 5.32 Å². The van der Waals surface area contributed by atoms with Crippen LogP contribution in [0.1, 0.15) is 47.5 Å². The molecule has 0 rings (SSSR count). The van der Waals surface area contributed by atoms with E-state index in [9.17, 15) is 9.59 Å². The molecule has 0 aromatic carbocycles. The number of nitrogens with two attached hydrogens (primary N) is 1. The minimum atomic E-state index is -0.882. The molecule has 0 saturated carbocycles. The van der Waals surface area contributed by atoms with Crippen molar-refractivity contribution in [2.24, 2.45) is 23.0 Å². The topological polar surface area (TPSA) is 92.4 Å². The van der Waals surface area contributed by atoms with Crippen molar-refractivity contribution in [2.75, 3.05) is 6.54 Å². The lowest BCUT2D eigenvalue weighted by Gasteiger charge is -2.24. The summed E-state index contributed by atoms with van der Waals surface area (Å²) in [5.74, 6) is -1.39. The second-order valence-corrected chi connectivity index (χ2v) is 6.78. The van der Waals surface area contributed by atoms with Crippen LogP contribution in [0.3, 0.4) is 0 Å². The zero-order valence-corrected chi connectivity index (χ0v) is 12.7. The Labute approximate surface area is 115 Å². The SMILES string of the molecule is CC(C)C[C@@H](N)C(=O)NCC(CC(C)(C)C)C(=O)O. The highest BCUT2D eigenvalue weighted by Gasteiger charge is 2.25. The highest BCUT2D eigenvalue weighted by molar-refractivity contribution is 5.82. The molecule has 1 amide bonds. The molecule has 2 atom stereocenters. The highest BCUT2D eigenvalue weighted by atomic mass is 16.4. The fourth-order valence-corrected chi connectivity index (χ4v) is 1.96. The maximum atomic E-state index is 11.7. The van der Waals surface area contributed by atoms with Crippen molar-refractivity contribution in [3.05, 3.63) is 0 Å². The van der Waals surface area contributed by atoms with Crippen molar-refractivity contribution in [1.29, 1.82) is 0 Å². The number of carboxylic acids is 1. The van der Waals surface area contributed by atoms with Crippen LogP contribution in [0.5, 0.6) is 0 Å². The van der Waals surface area contributed by atoms with Crippen molar-refractivity contribution in [2.45, 2.75) is 53.5 Å². The van der Waals surface area contributed by atoms with Gasteiger partial charge in [0.2, 0.25) is 5.91 Å². The number of hydrogen-bond acceptors (Lipinski definition) is 3. The first kappa shape index (κ1) is 17.9. The molecule has 0 aromatic rings. The van der Waals surface area contributed by atoms with Gasteiger partial charge in [-0.15, -0.1) is 0 Å². The molecule has 1 unspecified atom stereocenters. The lowest BCUT2D eigenvalue weighted by molar-refractivity contribution is -0.142. The van der Waals surface area contributed by atoms with Gasteiger partial charge in [0.1, 0.15) is 0 Å². The maximum Gasteiger partial charge on any atom is 0.308 e. The van der Waals surface area contributed by atoms with Crippen molar-refractivity contribution in [3.8, 4) is 0 Å². The van der Waals surface area contributed by atoms with Gasteiger partial charge in [0.25, 0.3) is 0 Å². The molecular weight excluding hydrogens is 244 g/mol. The zero-order chi connectivity index (χ0) is 15.2. The fraction of sp³-hybridized carbons (Fsp3) is 0.857. The van der Waals surface area contributed by atoms with Crippen LogP contribution in [0.15, 0.2) is 0 Å². The summed E-state index contributed by atoms with van der Waals surface area (Å²) >= 11 is 0. The summed E-state index contributed by atoms with van der Waals surface area (Å²) in [4.78, 5) is 22.9. The Morgan fingerprint density at radius 2 is 1.79 bits per heavy atom. The average Bonchev–Trinajstić information content (AvgIpc) is 2.20. The summed E-state index contributed by atoms with van der Waals surface area (Å²) in [7, 11) is 0. The largest absolute Gasteiger partial charge is 0.481 e. The Morgan fingerprint density at radius 3 is 2.16 bits per heavy atom. The Balaban J connectivity index is 4.33. The van der Waals surface area contributed by atoms with Crippen LogP contribution in [0.25, 0.3) is 0 Å². The first-order valence-corrected chi connectivity index (χ1v) is 6.79. The summed E-state index contributed by atoms with van der Waals surface area (Å²) in [6.07, 6.45) is 1.12. The molecular formula is C14H28N2O3. The van der Waals surface area contributed by atoms with E-state index in [1.165, 1.54) is 0 Å². The van der Waals surface area contributed by atoms with Crippen molar-refractivity contribution < 1.29 is 14.7 Å². The molecule has 112 valence electrons. The summed E-state index contributed by atoms with van der Waals surface area (Å²) < 4.78 is 0. The molecule has 0 heterocycles. The number of rotatable bonds is 7. The number of carboxylic acid groups (broad SMARTS) is 1. The van der Waals surface area contributed by atoms with E-state index in [1.807, 2.05) is 34.6 Å². The summed E-state index contributed by atoms with van der Waals surface area (Å²) in [5, 5.41) is 11.8. The van der Waals surface area contributed by atoms with Crippen molar-refractivity contribution in [3.63, 3.8) is 0 Å². The summed E-state index contributed by atoms with van der Waals surface area (Å²) in [5.41, 5.74) is 5.66. The van der Waals surface area contributed by atoms with Gasteiger partial charge < -0.3 is 16.2 Å². The van der Waals surface area contributed by atoms with Gasteiger partial charge in [0.05, 0.1) is 12.0 Å². The minimum absolute atomic E-state index is 0.0895. The fourth-order valence-electron chi connectivity index (χ4n) is 1.96. The number of hydrogen-bond donors (Lipinski definition) is 3. The number of aliphatic carboxylic acids is 1. The second kappa shape index (κ2) is 7.48. The van der Waals surface area contributed by atoms with Crippen molar-refractivity contribution >= 4 is 11.9 Å². The van der Waals surface area contributed by atoms with Crippen LogP contribution in [-0.2, 0) is 9.59 Å². The van der Waals surface area contributed by atoms with Gasteiger partial charge in [-0.2, -0.15) is 0 Å². The summed E-state index contributed by atoms with van der Waals surface area (Å²) in [6, 6.07) is -0.566. The van der Waals surface area contributed by atoms with E-state index < -0.39 is 17.9 Å². The molecule has 0 aromatic heterocycles. The van der Waals surface area contributed by atoms with E-state index in [0.29, 0.717) is 18.8 Å². The van der Waals surface area contributed by atoms with Crippen LogP contribution in [0.2, 0.25) is 0 Å². The maximum absolute atomic E-state index is 11.7. The molecule has 0 spiro atoms. The van der Waals surface area contributed by atoms with Gasteiger partial charge >= 0.3 is 5.97 Å². The van der Waals surface area contributed by atoms with Crippen LogP contribution >= 0.6 is 0 Å². The Morgan fingerprint density at radius 1 is 1.26 bits per heavy atom. The van der Waals surface area contributed by atoms with E-state index in [-0.39, 0.29) is 17.9 Å². The lowest BCUT2D eigenvalue weighted by Crippen LogP contribution is -2.44. The zero-order valence-electron chi connectivity index (χ0n) is 12.7. The predicted octanol–water partition coefficient (Wildman–Crippen LogP) is 1.61. The normalized spacial score (nSPS) is 15.1. The van der Waals surface area contributed by atoms with Crippen LogP contribution < -0.4 is 11.1 Å². The third-order valence-corrected chi connectivity index (χ3v) is 2.79. The minimum Gasteiger partial charge on any atom is -0.481 e. The van der Waals surface area contributed by atoms with Gasteiger partial charge in [-0.1, -0.05) is 34.6 Å². The Kier molecular flexibility index (Phi) is 7.05. The third-order valence-electron chi connectivity index (χ3n) is 2.79. The first-order valence-electron chi connectivity index (χ1n) is 6.79. The monoisotopic (exact) mass is 272 g/mol. The van der Waals surface area contributed by atoms with Crippen molar-refractivity contribution in [1.82, 2.24) is 5.32 Å². The van der Waals surface area contributed by atoms with Gasteiger partial charge in [-0.3, -0.25) is 9.59 Å². The molecule has 0 aliphatic carbocycles. The predicted molar refractivity (Wildman–Crippen MR) is 75.6 cm³/mol. The van der Waals surface area contributed by atoms with E-state index in [0.717, 1.165) is 0 Å². The standard InChI is InChI=1S/C14H28N2O3/c1-9(2)6-11(15)12(17)16-8-10(13(18)19)7-14(3,4)5/h9-11H,6-8,15H2,1-5H3,(H,16,17)(H,18,19)/t10?,11-/m1/s1. The highest BCUT2D eigenvalue weighted by Crippen LogP contribution is 2.24. The molecule has 0 fully saturated rings. The van der Waals surface area contributed by atoms with E-state index in [1.54, 1.807) is 0 Å². The van der Waals surface area contributed by atoms with Crippen LogP contribution in [0.4, 0.5) is 0 Å². The molecule has 0 radical (unpaired) electrons. The number of nitrogens with one attached hydrogen (secondary N) is 1. The molecule has 4 N–H and O–H groups in total. The molecule has 0 aliphatic heterocycles. The van der Waals surface area contributed by atoms with Crippen LogP contribution in [0, 0.1) is 17.3 Å². The smallest absolute Gasteiger partial charge is 0.308 e. The molecule has 5 heteroatoms. The summed E-state index contributed by atoms with van der Waals surface area (Å²) in [6.45, 7) is 10.1.